The van der Waals surface area contributed by atoms with E-state index in [1.54, 1.807) is 35.2 Å². The highest BCUT2D eigenvalue weighted by molar-refractivity contribution is 7.99. The number of nitrogens with one attached hydrogen (secondary N) is 1. The van der Waals surface area contributed by atoms with Crippen LogP contribution < -0.4 is 5.32 Å². The predicted octanol–water partition coefficient (Wildman–Crippen LogP) is 4.48. The first-order valence-electron chi connectivity index (χ1n) is 7.22. The summed E-state index contributed by atoms with van der Waals surface area (Å²) in [7, 11) is 0. The minimum atomic E-state index is -0.271. The minimum Gasteiger partial charge on any atom is -0.344 e. The average Bonchev–Trinajstić information content (AvgIpc) is 2.99. The number of hydrogen-bond donors (Lipinski definition) is 1. The van der Waals surface area contributed by atoms with Crippen LogP contribution in [0.3, 0.4) is 0 Å². The molecule has 1 atom stereocenters. The molecule has 118 valence electrons. The van der Waals surface area contributed by atoms with Crippen LogP contribution in [0.5, 0.6) is 0 Å². The fraction of sp³-hybridized carbons (Fsp3) is 0.353. The first kappa shape index (κ1) is 17.0. The van der Waals surface area contributed by atoms with E-state index in [0.717, 1.165) is 16.2 Å². The van der Waals surface area contributed by atoms with Gasteiger partial charge >= 0.3 is 0 Å². The fourth-order valence-electron chi connectivity index (χ4n) is 2.02. The molecule has 1 aromatic carbocycles. The van der Waals surface area contributed by atoms with Crippen molar-refractivity contribution in [2.24, 2.45) is 5.92 Å². The van der Waals surface area contributed by atoms with Crippen LogP contribution in [0.2, 0.25) is 0 Å². The summed E-state index contributed by atoms with van der Waals surface area (Å²) in [5.41, 5.74) is 0.894. The second-order valence-corrected chi connectivity index (χ2v) is 7.49. The number of rotatable bonds is 7. The van der Waals surface area contributed by atoms with Crippen LogP contribution in [-0.4, -0.2) is 17.4 Å². The number of carbonyl (C=O) groups excluding carboxylic acids is 1. The van der Waals surface area contributed by atoms with Gasteiger partial charge in [-0.2, -0.15) is 11.8 Å². The summed E-state index contributed by atoms with van der Waals surface area (Å²) in [6.07, 6.45) is 0. The SMILES string of the molecule is CC(C)CSCC(=O)N[C@H](c1ccc(F)cc1)c1cccs1. The summed E-state index contributed by atoms with van der Waals surface area (Å²) in [4.78, 5) is 13.2. The molecule has 0 fully saturated rings. The molecule has 0 saturated carbocycles. The van der Waals surface area contributed by atoms with Gasteiger partial charge in [-0.15, -0.1) is 11.3 Å². The van der Waals surface area contributed by atoms with E-state index < -0.39 is 0 Å². The summed E-state index contributed by atoms with van der Waals surface area (Å²) < 4.78 is 13.1. The van der Waals surface area contributed by atoms with Crippen molar-refractivity contribution in [1.82, 2.24) is 5.32 Å². The lowest BCUT2D eigenvalue weighted by atomic mass is 10.1. The number of benzene rings is 1. The summed E-state index contributed by atoms with van der Waals surface area (Å²) >= 11 is 3.22. The van der Waals surface area contributed by atoms with Gasteiger partial charge in [-0.3, -0.25) is 4.79 Å². The van der Waals surface area contributed by atoms with Crippen molar-refractivity contribution in [2.45, 2.75) is 19.9 Å². The molecule has 1 N–H and O–H groups in total. The molecular formula is C17H20FNOS2. The van der Waals surface area contributed by atoms with Crippen LogP contribution >= 0.6 is 23.1 Å². The van der Waals surface area contributed by atoms with E-state index in [0.29, 0.717) is 11.7 Å². The van der Waals surface area contributed by atoms with Gasteiger partial charge in [0, 0.05) is 4.88 Å². The smallest absolute Gasteiger partial charge is 0.230 e. The van der Waals surface area contributed by atoms with Crippen LogP contribution in [0.25, 0.3) is 0 Å². The molecule has 22 heavy (non-hydrogen) atoms. The topological polar surface area (TPSA) is 29.1 Å². The normalized spacial score (nSPS) is 12.4. The number of thioether (sulfide) groups is 1. The van der Waals surface area contributed by atoms with Gasteiger partial charge in [0.25, 0.3) is 0 Å². The highest BCUT2D eigenvalue weighted by Crippen LogP contribution is 2.26. The zero-order valence-electron chi connectivity index (χ0n) is 12.7. The Kier molecular flexibility index (Phi) is 6.46. The molecule has 0 aliphatic heterocycles. The van der Waals surface area contributed by atoms with Crippen LogP contribution in [0, 0.1) is 11.7 Å². The van der Waals surface area contributed by atoms with Crippen molar-refractivity contribution in [3.63, 3.8) is 0 Å². The largest absolute Gasteiger partial charge is 0.344 e. The molecule has 2 aromatic rings. The van der Waals surface area contributed by atoms with Crippen molar-refractivity contribution in [1.29, 1.82) is 0 Å². The van der Waals surface area contributed by atoms with Crippen LogP contribution in [0.4, 0.5) is 4.39 Å². The van der Waals surface area contributed by atoms with Crippen molar-refractivity contribution >= 4 is 29.0 Å². The quantitative estimate of drug-likeness (QED) is 0.807. The number of carbonyl (C=O) groups is 1. The molecule has 0 bridgehead atoms. The van der Waals surface area contributed by atoms with Crippen molar-refractivity contribution in [3.8, 4) is 0 Å². The molecule has 2 rings (SSSR count). The summed E-state index contributed by atoms with van der Waals surface area (Å²) in [6, 6.07) is 10.0. The second kappa shape index (κ2) is 8.34. The van der Waals surface area contributed by atoms with E-state index >= 15 is 0 Å². The Morgan fingerprint density at radius 1 is 1.27 bits per heavy atom. The highest BCUT2D eigenvalue weighted by Gasteiger charge is 2.18. The average molecular weight is 337 g/mol. The molecule has 1 heterocycles. The minimum absolute atomic E-state index is 0.00775. The van der Waals surface area contributed by atoms with E-state index in [1.807, 2.05) is 17.5 Å². The van der Waals surface area contributed by atoms with Gasteiger partial charge < -0.3 is 5.32 Å². The van der Waals surface area contributed by atoms with Crippen LogP contribution in [0.1, 0.15) is 30.3 Å². The van der Waals surface area contributed by atoms with Gasteiger partial charge in [0.1, 0.15) is 5.82 Å². The van der Waals surface area contributed by atoms with Crippen molar-refractivity contribution in [3.05, 3.63) is 58.0 Å². The zero-order chi connectivity index (χ0) is 15.9. The first-order chi connectivity index (χ1) is 10.6. The van der Waals surface area contributed by atoms with Crippen LogP contribution in [-0.2, 0) is 4.79 Å². The fourth-order valence-corrected chi connectivity index (χ4v) is 3.68. The molecule has 0 unspecified atom stereocenters. The van der Waals surface area contributed by atoms with Gasteiger partial charge in [0.2, 0.25) is 5.91 Å². The second-order valence-electron chi connectivity index (χ2n) is 5.48. The Morgan fingerprint density at radius 2 is 2.00 bits per heavy atom. The Bertz CT molecular complexity index is 581. The first-order valence-corrected chi connectivity index (χ1v) is 9.25. The van der Waals surface area contributed by atoms with Crippen molar-refractivity contribution < 1.29 is 9.18 Å². The zero-order valence-corrected chi connectivity index (χ0v) is 14.3. The van der Waals surface area contributed by atoms with Gasteiger partial charge in [0.05, 0.1) is 11.8 Å². The highest BCUT2D eigenvalue weighted by atomic mass is 32.2. The molecule has 1 amide bonds. The Morgan fingerprint density at radius 3 is 2.59 bits per heavy atom. The Hall–Kier alpha value is -1.33. The van der Waals surface area contributed by atoms with Gasteiger partial charge in [0.15, 0.2) is 0 Å². The maximum absolute atomic E-state index is 13.1. The third-order valence-corrected chi connectivity index (χ3v) is 5.33. The summed E-state index contributed by atoms with van der Waals surface area (Å²) in [5, 5.41) is 5.03. The number of hydrogen-bond acceptors (Lipinski definition) is 3. The monoisotopic (exact) mass is 337 g/mol. The lowest BCUT2D eigenvalue weighted by Crippen LogP contribution is -2.30. The van der Waals surface area contributed by atoms with E-state index in [9.17, 15) is 9.18 Å². The maximum atomic E-state index is 13.1. The molecule has 0 saturated heterocycles. The number of thiophene rings is 1. The third-order valence-electron chi connectivity index (χ3n) is 3.02. The lowest BCUT2D eigenvalue weighted by Gasteiger charge is -2.18. The van der Waals surface area contributed by atoms with E-state index in [-0.39, 0.29) is 17.8 Å². The molecule has 2 nitrogen and oxygen atoms in total. The maximum Gasteiger partial charge on any atom is 0.230 e. The van der Waals surface area contributed by atoms with Gasteiger partial charge in [-0.1, -0.05) is 32.0 Å². The molecule has 5 heteroatoms. The Labute approximate surface area is 139 Å². The number of halogens is 1. The van der Waals surface area contributed by atoms with Crippen LogP contribution in [0.15, 0.2) is 41.8 Å². The van der Waals surface area contributed by atoms with E-state index in [1.165, 1.54) is 12.1 Å². The molecule has 0 spiro atoms. The van der Waals surface area contributed by atoms with E-state index in [2.05, 4.69) is 19.2 Å². The van der Waals surface area contributed by atoms with E-state index in [4.69, 9.17) is 0 Å². The predicted molar refractivity (Wildman–Crippen MR) is 92.9 cm³/mol. The summed E-state index contributed by atoms with van der Waals surface area (Å²) in [5.74, 6) is 1.72. The van der Waals surface area contributed by atoms with Crippen molar-refractivity contribution in [2.75, 3.05) is 11.5 Å². The molecular weight excluding hydrogens is 317 g/mol. The molecule has 0 radical (unpaired) electrons. The molecule has 1 aromatic heterocycles. The third kappa shape index (κ3) is 5.14. The Balaban J connectivity index is 2.06. The van der Waals surface area contributed by atoms with Gasteiger partial charge in [-0.05, 0) is 40.8 Å². The molecule has 0 aliphatic carbocycles. The standard InChI is InChI=1S/C17H20FNOS2/c1-12(2)10-21-11-16(20)19-17(15-4-3-9-22-15)13-5-7-14(18)8-6-13/h3-9,12,17H,10-11H2,1-2H3,(H,19,20)/t17-/m1/s1. The molecule has 0 aliphatic rings. The summed E-state index contributed by atoms with van der Waals surface area (Å²) in [6.45, 7) is 4.27. The number of amides is 1. The van der Waals surface area contributed by atoms with Gasteiger partial charge in [-0.25, -0.2) is 4.39 Å². The lowest BCUT2D eigenvalue weighted by molar-refractivity contribution is -0.119.